The number of rotatable bonds is 6. The van der Waals surface area contributed by atoms with Crippen LogP contribution in [0.1, 0.15) is 0 Å². The van der Waals surface area contributed by atoms with Crippen molar-refractivity contribution >= 4 is 33.3 Å². The second-order valence-electron chi connectivity index (χ2n) is 3.57. The van der Waals surface area contributed by atoms with E-state index in [-0.39, 0.29) is 5.02 Å². The zero-order chi connectivity index (χ0) is 15.5. The third-order valence-corrected chi connectivity index (χ3v) is 3.99. The quantitative estimate of drug-likeness (QED) is 0.491. The fourth-order valence-electron chi connectivity index (χ4n) is 1.22. The van der Waals surface area contributed by atoms with Crippen LogP contribution in [0.15, 0.2) is 23.1 Å². The van der Waals surface area contributed by atoms with Gasteiger partial charge in [0.1, 0.15) is 11.1 Å². The predicted molar refractivity (Wildman–Crippen MR) is 66.9 cm³/mol. The van der Waals surface area contributed by atoms with Crippen molar-refractivity contribution in [2.24, 2.45) is 0 Å². The van der Waals surface area contributed by atoms with Crippen LogP contribution in [0.25, 0.3) is 0 Å². The monoisotopic (exact) mass is 324 g/mol. The van der Waals surface area contributed by atoms with Crippen LogP contribution in [0.4, 0.5) is 5.69 Å². The zero-order valence-corrected chi connectivity index (χ0v) is 11.3. The maximum absolute atomic E-state index is 11.8. The number of carboxylic acids is 1. The molecule has 0 aliphatic carbocycles. The number of carboxylic acid groups (broad SMARTS) is 1. The summed E-state index contributed by atoms with van der Waals surface area (Å²) < 4.78 is 25.4. The van der Waals surface area contributed by atoms with Gasteiger partial charge in [-0.3, -0.25) is 14.9 Å². The van der Waals surface area contributed by atoms with Crippen LogP contribution in [0.5, 0.6) is 0 Å². The lowest BCUT2D eigenvalue weighted by atomic mass is 10.3. The topological polar surface area (TPSA) is 147 Å². The molecule has 0 heterocycles. The number of halogens is 1. The maximum Gasteiger partial charge on any atom is 0.324 e. The molecule has 0 fully saturated rings. The molecule has 0 aromatic heterocycles. The number of aliphatic carboxylic acids is 1. The molecule has 0 amide bonds. The fourth-order valence-corrected chi connectivity index (χ4v) is 2.61. The van der Waals surface area contributed by atoms with Crippen LogP contribution >= 0.6 is 11.6 Å². The lowest BCUT2D eigenvalue weighted by Gasteiger charge is -2.12. The molecule has 9 nitrogen and oxygen atoms in total. The van der Waals surface area contributed by atoms with Gasteiger partial charge in [0.25, 0.3) is 5.69 Å². The molecule has 1 aromatic rings. The van der Waals surface area contributed by atoms with Gasteiger partial charge >= 0.3 is 5.97 Å². The molecule has 0 radical (unpaired) electrons. The third kappa shape index (κ3) is 3.63. The van der Waals surface area contributed by atoms with E-state index in [1.54, 1.807) is 4.72 Å². The van der Waals surface area contributed by atoms with Gasteiger partial charge in [-0.15, -0.1) is 0 Å². The van der Waals surface area contributed by atoms with E-state index in [0.717, 1.165) is 12.1 Å². The van der Waals surface area contributed by atoms with Gasteiger partial charge in [0.2, 0.25) is 10.0 Å². The molecule has 0 aliphatic rings. The van der Waals surface area contributed by atoms with E-state index in [1.165, 1.54) is 0 Å². The fraction of sp³-hybridized carbons (Fsp3) is 0.222. The first-order valence-corrected chi connectivity index (χ1v) is 6.85. The van der Waals surface area contributed by atoms with E-state index >= 15 is 0 Å². The number of carbonyl (C=O) groups is 1. The minimum atomic E-state index is -4.34. The highest BCUT2D eigenvalue weighted by molar-refractivity contribution is 7.89. The summed E-state index contributed by atoms with van der Waals surface area (Å²) in [5, 5.41) is 27.8. The summed E-state index contributed by atoms with van der Waals surface area (Å²) in [5.74, 6) is -1.58. The van der Waals surface area contributed by atoms with E-state index in [4.69, 9.17) is 21.8 Å². The molecule has 3 N–H and O–H groups in total. The Labute approximate surface area is 118 Å². The molecule has 0 bridgehead atoms. The third-order valence-electron chi connectivity index (χ3n) is 2.20. The normalized spacial score (nSPS) is 12.9. The van der Waals surface area contributed by atoms with E-state index < -0.39 is 44.1 Å². The van der Waals surface area contributed by atoms with Gasteiger partial charge in [-0.05, 0) is 12.1 Å². The minimum absolute atomic E-state index is 0.258. The van der Waals surface area contributed by atoms with Crippen molar-refractivity contribution in [1.29, 1.82) is 0 Å². The van der Waals surface area contributed by atoms with Crippen molar-refractivity contribution in [3.05, 3.63) is 33.3 Å². The van der Waals surface area contributed by atoms with Crippen LogP contribution in [0, 0.1) is 10.1 Å². The van der Waals surface area contributed by atoms with Crippen molar-refractivity contribution in [2.75, 3.05) is 6.61 Å². The summed E-state index contributed by atoms with van der Waals surface area (Å²) in [7, 11) is -4.34. The average molecular weight is 325 g/mol. The number of sulfonamides is 1. The van der Waals surface area contributed by atoms with Gasteiger partial charge in [0.05, 0.1) is 16.4 Å². The van der Waals surface area contributed by atoms with Crippen LogP contribution in [-0.2, 0) is 14.8 Å². The smallest absolute Gasteiger partial charge is 0.324 e. The molecule has 0 spiro atoms. The zero-order valence-electron chi connectivity index (χ0n) is 9.69. The lowest BCUT2D eigenvalue weighted by molar-refractivity contribution is -0.384. The van der Waals surface area contributed by atoms with Gasteiger partial charge in [0.15, 0.2) is 0 Å². The molecule has 0 unspecified atom stereocenters. The predicted octanol–water partition coefficient (Wildman–Crippen LogP) is -0.0280. The van der Waals surface area contributed by atoms with Crippen molar-refractivity contribution in [3.8, 4) is 0 Å². The number of nitro groups is 1. The molecule has 11 heteroatoms. The van der Waals surface area contributed by atoms with Crippen LogP contribution < -0.4 is 4.72 Å². The Bertz CT molecular complexity index is 646. The number of nitrogens with zero attached hydrogens (tertiary/aromatic N) is 1. The van der Waals surface area contributed by atoms with Gasteiger partial charge in [-0.1, -0.05) is 11.6 Å². The Kier molecular flexibility index (Phi) is 5.00. The maximum atomic E-state index is 11.8. The summed E-state index contributed by atoms with van der Waals surface area (Å²) in [6, 6.07) is 0.924. The second kappa shape index (κ2) is 6.13. The summed E-state index contributed by atoms with van der Waals surface area (Å²) in [5.41, 5.74) is -0.634. The first kappa shape index (κ1) is 16.3. The second-order valence-corrected chi connectivity index (χ2v) is 5.69. The molecule has 1 atom stereocenters. The Morgan fingerprint density at radius 2 is 2.10 bits per heavy atom. The number of aliphatic hydroxyl groups is 1. The summed E-state index contributed by atoms with van der Waals surface area (Å²) >= 11 is 5.53. The summed E-state index contributed by atoms with van der Waals surface area (Å²) in [4.78, 5) is 19.9. The highest BCUT2D eigenvalue weighted by Gasteiger charge is 2.26. The number of hydrogen-bond donors (Lipinski definition) is 3. The summed E-state index contributed by atoms with van der Waals surface area (Å²) in [6.45, 7) is -0.968. The van der Waals surface area contributed by atoms with E-state index in [1.807, 2.05) is 0 Å². The number of benzene rings is 1. The number of aliphatic hydroxyl groups excluding tert-OH is 1. The SMILES string of the molecule is O=C(O)[C@H](CO)NS(=O)(=O)c1ccc(Cl)c([N+](=O)[O-])c1. The Morgan fingerprint density at radius 1 is 1.50 bits per heavy atom. The van der Waals surface area contributed by atoms with Gasteiger partial charge in [0, 0.05) is 6.07 Å². The van der Waals surface area contributed by atoms with Gasteiger partial charge < -0.3 is 10.2 Å². The number of hydrogen-bond acceptors (Lipinski definition) is 6. The van der Waals surface area contributed by atoms with Crippen LogP contribution in [-0.4, -0.2) is 42.2 Å². The lowest BCUT2D eigenvalue weighted by Crippen LogP contribution is -2.43. The Balaban J connectivity index is 3.19. The molecule has 1 aromatic carbocycles. The van der Waals surface area contributed by atoms with E-state index in [2.05, 4.69) is 0 Å². The molecule has 110 valence electrons. The van der Waals surface area contributed by atoms with Gasteiger partial charge in [-0.2, -0.15) is 4.72 Å². The highest BCUT2D eigenvalue weighted by Crippen LogP contribution is 2.27. The van der Waals surface area contributed by atoms with E-state index in [9.17, 15) is 23.3 Å². The van der Waals surface area contributed by atoms with Crippen molar-refractivity contribution in [2.45, 2.75) is 10.9 Å². The Hall–Kier alpha value is -1.75. The largest absolute Gasteiger partial charge is 0.480 e. The highest BCUT2D eigenvalue weighted by atomic mass is 35.5. The minimum Gasteiger partial charge on any atom is -0.480 e. The van der Waals surface area contributed by atoms with E-state index in [0.29, 0.717) is 6.07 Å². The van der Waals surface area contributed by atoms with Crippen molar-refractivity contribution in [3.63, 3.8) is 0 Å². The molecule has 20 heavy (non-hydrogen) atoms. The first-order valence-electron chi connectivity index (χ1n) is 4.99. The summed E-state index contributed by atoms with van der Waals surface area (Å²) in [6.07, 6.45) is 0. The number of nitro benzene ring substituents is 1. The molecular formula is C9H9ClN2O7S. The van der Waals surface area contributed by atoms with Crippen LogP contribution in [0.3, 0.4) is 0 Å². The van der Waals surface area contributed by atoms with Crippen molar-refractivity contribution in [1.82, 2.24) is 4.72 Å². The van der Waals surface area contributed by atoms with Crippen LogP contribution in [0.2, 0.25) is 5.02 Å². The molecule has 0 aliphatic heterocycles. The molecule has 0 saturated carbocycles. The first-order chi connectivity index (χ1) is 9.19. The molecule has 1 rings (SSSR count). The average Bonchev–Trinajstić information content (AvgIpc) is 2.35. The molecular weight excluding hydrogens is 316 g/mol. The van der Waals surface area contributed by atoms with Gasteiger partial charge in [-0.25, -0.2) is 8.42 Å². The Morgan fingerprint density at radius 3 is 2.55 bits per heavy atom. The number of nitrogens with one attached hydrogen (secondary N) is 1. The standard InChI is InChI=1S/C9H9ClN2O7S/c10-6-2-1-5(3-8(6)12(16)17)20(18,19)11-7(4-13)9(14)15/h1-3,7,11,13H,4H2,(H,14,15)/t7-/m0/s1. The van der Waals surface area contributed by atoms with Crippen molar-refractivity contribution < 1.29 is 28.3 Å². The molecule has 0 saturated heterocycles.